The second kappa shape index (κ2) is 6.65. The van der Waals surface area contributed by atoms with E-state index in [1.54, 1.807) is 0 Å². The highest BCUT2D eigenvalue weighted by Gasteiger charge is 2.29. The van der Waals surface area contributed by atoms with Crippen molar-refractivity contribution in [2.75, 3.05) is 13.2 Å². The molecule has 1 fully saturated rings. The predicted molar refractivity (Wildman–Crippen MR) is 71.4 cm³/mol. The quantitative estimate of drug-likeness (QED) is 0.696. The first kappa shape index (κ1) is 12.4. The van der Waals surface area contributed by atoms with Crippen molar-refractivity contribution in [2.24, 2.45) is 5.92 Å². The van der Waals surface area contributed by atoms with Gasteiger partial charge in [-0.3, -0.25) is 0 Å². The molecule has 2 heteroatoms. The van der Waals surface area contributed by atoms with E-state index in [1.807, 2.05) is 30.3 Å². The second-order valence-electron chi connectivity index (χ2n) is 4.82. The second-order valence-corrected chi connectivity index (χ2v) is 4.82. The van der Waals surface area contributed by atoms with Gasteiger partial charge in [0, 0.05) is 6.04 Å². The molecule has 1 aliphatic rings. The molecule has 0 aliphatic heterocycles. The summed E-state index contributed by atoms with van der Waals surface area (Å²) in [6, 6.07) is 10.8. The summed E-state index contributed by atoms with van der Waals surface area (Å²) in [7, 11) is 0. The van der Waals surface area contributed by atoms with Gasteiger partial charge in [-0.05, 0) is 50.3 Å². The highest BCUT2D eigenvalue weighted by molar-refractivity contribution is 5.20. The average molecular weight is 233 g/mol. The number of rotatable bonds is 8. The van der Waals surface area contributed by atoms with E-state index in [0.29, 0.717) is 0 Å². The number of ether oxygens (including phenoxy) is 1. The van der Waals surface area contributed by atoms with Gasteiger partial charge in [0.05, 0.1) is 6.61 Å². The SMILES string of the molecule is CCC(NCCCOc1ccccc1)C1CC1. The van der Waals surface area contributed by atoms with Crippen LogP contribution >= 0.6 is 0 Å². The van der Waals surface area contributed by atoms with Crippen molar-refractivity contribution in [1.82, 2.24) is 5.32 Å². The van der Waals surface area contributed by atoms with Crippen molar-refractivity contribution < 1.29 is 4.74 Å². The standard InChI is InChI=1S/C15H23NO/c1-2-15(13-9-10-13)16-11-6-12-17-14-7-4-3-5-8-14/h3-5,7-8,13,15-16H,2,6,9-12H2,1H3. The molecule has 0 aromatic heterocycles. The van der Waals surface area contributed by atoms with Crippen LogP contribution in [0.4, 0.5) is 0 Å². The number of para-hydroxylation sites is 1. The van der Waals surface area contributed by atoms with Gasteiger partial charge in [0.2, 0.25) is 0 Å². The average Bonchev–Trinajstić information content (AvgIpc) is 3.19. The Labute approximate surface area is 104 Å². The largest absolute Gasteiger partial charge is 0.494 e. The van der Waals surface area contributed by atoms with Crippen molar-refractivity contribution in [3.63, 3.8) is 0 Å². The van der Waals surface area contributed by atoms with Crippen LogP contribution in [0.5, 0.6) is 5.75 Å². The predicted octanol–water partition coefficient (Wildman–Crippen LogP) is 3.23. The van der Waals surface area contributed by atoms with Crippen LogP contribution in [0.15, 0.2) is 30.3 Å². The maximum absolute atomic E-state index is 5.66. The molecule has 2 rings (SSSR count). The lowest BCUT2D eigenvalue weighted by Crippen LogP contribution is -2.31. The molecule has 1 unspecified atom stereocenters. The van der Waals surface area contributed by atoms with Crippen LogP contribution in [0.25, 0.3) is 0 Å². The fourth-order valence-corrected chi connectivity index (χ4v) is 2.21. The zero-order valence-corrected chi connectivity index (χ0v) is 10.7. The Morgan fingerprint density at radius 1 is 1.29 bits per heavy atom. The summed E-state index contributed by atoms with van der Waals surface area (Å²) in [4.78, 5) is 0. The van der Waals surface area contributed by atoms with Crippen LogP contribution < -0.4 is 10.1 Å². The summed E-state index contributed by atoms with van der Waals surface area (Å²) in [6.45, 7) is 4.15. The fraction of sp³-hybridized carbons (Fsp3) is 0.600. The molecule has 94 valence electrons. The summed E-state index contributed by atoms with van der Waals surface area (Å²) in [6.07, 6.45) is 5.18. The molecule has 0 amide bonds. The molecule has 1 atom stereocenters. The van der Waals surface area contributed by atoms with Gasteiger partial charge in [-0.1, -0.05) is 25.1 Å². The van der Waals surface area contributed by atoms with Crippen molar-refractivity contribution in [3.05, 3.63) is 30.3 Å². The maximum atomic E-state index is 5.66. The van der Waals surface area contributed by atoms with E-state index in [1.165, 1.54) is 19.3 Å². The van der Waals surface area contributed by atoms with Crippen molar-refractivity contribution in [2.45, 2.75) is 38.6 Å². The normalized spacial score (nSPS) is 16.8. The third-order valence-electron chi connectivity index (χ3n) is 3.37. The van der Waals surface area contributed by atoms with Gasteiger partial charge >= 0.3 is 0 Å². The van der Waals surface area contributed by atoms with Crippen LogP contribution in [0.1, 0.15) is 32.6 Å². The first-order valence-corrected chi connectivity index (χ1v) is 6.81. The Morgan fingerprint density at radius 3 is 2.71 bits per heavy atom. The lowest BCUT2D eigenvalue weighted by molar-refractivity contribution is 0.302. The summed E-state index contributed by atoms with van der Waals surface area (Å²) in [5.41, 5.74) is 0. The Morgan fingerprint density at radius 2 is 2.06 bits per heavy atom. The first-order chi connectivity index (χ1) is 8.40. The highest BCUT2D eigenvalue weighted by atomic mass is 16.5. The van der Waals surface area contributed by atoms with E-state index in [-0.39, 0.29) is 0 Å². The van der Waals surface area contributed by atoms with Crippen LogP contribution in [-0.2, 0) is 0 Å². The molecule has 1 aliphatic carbocycles. The number of nitrogens with one attached hydrogen (secondary N) is 1. The number of benzene rings is 1. The Hall–Kier alpha value is -1.02. The molecule has 0 spiro atoms. The molecular formula is C15H23NO. The van der Waals surface area contributed by atoms with Gasteiger partial charge in [0.25, 0.3) is 0 Å². The first-order valence-electron chi connectivity index (χ1n) is 6.81. The summed E-state index contributed by atoms with van der Waals surface area (Å²) in [5, 5.41) is 3.64. The monoisotopic (exact) mass is 233 g/mol. The molecular weight excluding hydrogens is 210 g/mol. The van der Waals surface area contributed by atoms with Gasteiger partial charge in [-0.25, -0.2) is 0 Å². The molecule has 1 saturated carbocycles. The zero-order chi connectivity index (χ0) is 11.9. The van der Waals surface area contributed by atoms with E-state index in [9.17, 15) is 0 Å². The van der Waals surface area contributed by atoms with Crippen LogP contribution in [0.2, 0.25) is 0 Å². The van der Waals surface area contributed by atoms with Crippen molar-refractivity contribution in [3.8, 4) is 5.75 Å². The maximum Gasteiger partial charge on any atom is 0.119 e. The smallest absolute Gasteiger partial charge is 0.119 e. The number of hydrogen-bond donors (Lipinski definition) is 1. The minimum Gasteiger partial charge on any atom is -0.494 e. The molecule has 1 aromatic carbocycles. The van der Waals surface area contributed by atoms with Crippen molar-refractivity contribution >= 4 is 0 Å². The van der Waals surface area contributed by atoms with Gasteiger partial charge in [-0.15, -0.1) is 0 Å². The molecule has 0 saturated heterocycles. The van der Waals surface area contributed by atoms with E-state index in [4.69, 9.17) is 4.74 Å². The Balaban J connectivity index is 1.54. The molecule has 0 bridgehead atoms. The molecule has 0 heterocycles. The summed E-state index contributed by atoms with van der Waals surface area (Å²) in [5.74, 6) is 1.93. The Kier molecular flexibility index (Phi) is 4.87. The minimum atomic E-state index is 0.742. The van der Waals surface area contributed by atoms with E-state index in [0.717, 1.165) is 37.3 Å². The minimum absolute atomic E-state index is 0.742. The topological polar surface area (TPSA) is 21.3 Å². The zero-order valence-electron chi connectivity index (χ0n) is 10.7. The third kappa shape index (κ3) is 4.39. The van der Waals surface area contributed by atoms with Crippen LogP contribution in [0, 0.1) is 5.92 Å². The van der Waals surface area contributed by atoms with Crippen LogP contribution in [0.3, 0.4) is 0 Å². The fourth-order valence-electron chi connectivity index (χ4n) is 2.21. The lowest BCUT2D eigenvalue weighted by atomic mass is 10.1. The molecule has 17 heavy (non-hydrogen) atoms. The van der Waals surface area contributed by atoms with Gasteiger partial charge in [-0.2, -0.15) is 0 Å². The van der Waals surface area contributed by atoms with E-state index in [2.05, 4.69) is 12.2 Å². The lowest BCUT2D eigenvalue weighted by Gasteiger charge is -2.16. The van der Waals surface area contributed by atoms with Gasteiger partial charge < -0.3 is 10.1 Å². The van der Waals surface area contributed by atoms with Gasteiger partial charge in [0.1, 0.15) is 5.75 Å². The molecule has 1 aromatic rings. The van der Waals surface area contributed by atoms with E-state index < -0.39 is 0 Å². The highest BCUT2D eigenvalue weighted by Crippen LogP contribution is 2.33. The van der Waals surface area contributed by atoms with E-state index >= 15 is 0 Å². The molecule has 0 radical (unpaired) electrons. The summed E-state index contributed by atoms with van der Waals surface area (Å²) >= 11 is 0. The number of hydrogen-bond acceptors (Lipinski definition) is 2. The molecule has 1 N–H and O–H groups in total. The molecule has 2 nitrogen and oxygen atoms in total. The summed E-state index contributed by atoms with van der Waals surface area (Å²) < 4.78 is 5.66. The Bertz CT molecular complexity index is 308. The van der Waals surface area contributed by atoms with Crippen molar-refractivity contribution in [1.29, 1.82) is 0 Å². The third-order valence-corrected chi connectivity index (χ3v) is 3.37. The van der Waals surface area contributed by atoms with Crippen LogP contribution in [-0.4, -0.2) is 19.2 Å². The van der Waals surface area contributed by atoms with Gasteiger partial charge in [0.15, 0.2) is 0 Å².